The van der Waals surface area contributed by atoms with Crippen molar-refractivity contribution < 1.29 is 17.8 Å². The number of aromatic nitrogens is 2. The summed E-state index contributed by atoms with van der Waals surface area (Å²) >= 11 is 0. The maximum absolute atomic E-state index is 11.8. The van der Waals surface area contributed by atoms with Crippen LogP contribution in [0.5, 0.6) is 0 Å². The van der Waals surface area contributed by atoms with Crippen molar-refractivity contribution in [1.82, 2.24) is 15.6 Å². The molecular weight excluding hydrogens is 294 g/mol. The van der Waals surface area contributed by atoms with Gasteiger partial charge in [-0.05, 0) is 28.0 Å². The molecule has 0 unspecified atom stereocenters. The third-order valence-electron chi connectivity index (χ3n) is 3.26. The van der Waals surface area contributed by atoms with E-state index < -0.39 is 9.84 Å². The zero-order chi connectivity index (χ0) is 14.9. The lowest BCUT2D eigenvalue weighted by Gasteiger charge is -2.08. The van der Waals surface area contributed by atoms with Crippen LogP contribution in [0, 0.1) is 5.92 Å². The van der Waals surface area contributed by atoms with Crippen LogP contribution in [-0.2, 0) is 21.2 Å². The molecule has 3 rings (SSSR count). The first-order chi connectivity index (χ1) is 10.0. The quantitative estimate of drug-likeness (QED) is 0.896. The molecule has 0 saturated heterocycles. The van der Waals surface area contributed by atoms with Gasteiger partial charge in [0.2, 0.25) is 5.91 Å². The van der Waals surface area contributed by atoms with Crippen molar-refractivity contribution in [1.29, 1.82) is 0 Å². The molecule has 1 N–H and O–H groups in total. The molecule has 0 saturated carbocycles. The Morgan fingerprint density at radius 2 is 2.14 bits per heavy atom. The number of hydrogen-bond acceptors (Lipinski definition) is 6. The molecule has 0 radical (unpaired) electrons. The summed E-state index contributed by atoms with van der Waals surface area (Å²) in [7, 11) is -3.11. The summed E-state index contributed by atoms with van der Waals surface area (Å²) in [6.45, 7) is 0.352. The molecule has 1 atom stereocenters. The van der Waals surface area contributed by atoms with E-state index in [1.165, 1.54) is 5.41 Å². The Morgan fingerprint density at radius 1 is 1.33 bits per heavy atom. The SMILES string of the molecule is O=C(C[C@@H]1C=CS(=O)(=O)C1)NCc1ccc2nonc2c1. The van der Waals surface area contributed by atoms with E-state index in [4.69, 9.17) is 0 Å². The first kappa shape index (κ1) is 13.7. The highest BCUT2D eigenvalue weighted by Gasteiger charge is 2.23. The Balaban J connectivity index is 1.55. The van der Waals surface area contributed by atoms with Gasteiger partial charge in [0.1, 0.15) is 11.0 Å². The second kappa shape index (κ2) is 5.28. The summed E-state index contributed by atoms with van der Waals surface area (Å²) in [6, 6.07) is 5.37. The summed E-state index contributed by atoms with van der Waals surface area (Å²) in [5.74, 6) is -0.408. The third kappa shape index (κ3) is 3.27. The van der Waals surface area contributed by atoms with Crippen LogP contribution in [0.15, 0.2) is 34.3 Å². The van der Waals surface area contributed by atoms with Crippen LogP contribution in [0.25, 0.3) is 11.0 Å². The number of amides is 1. The highest BCUT2D eigenvalue weighted by atomic mass is 32.2. The maximum Gasteiger partial charge on any atom is 0.220 e. The molecule has 2 heterocycles. The molecule has 0 spiro atoms. The van der Waals surface area contributed by atoms with Gasteiger partial charge in [-0.2, -0.15) is 0 Å². The van der Waals surface area contributed by atoms with Gasteiger partial charge in [0.15, 0.2) is 9.84 Å². The molecule has 0 aliphatic carbocycles. The fourth-order valence-electron chi connectivity index (χ4n) is 2.22. The average Bonchev–Trinajstić information content (AvgIpc) is 3.02. The van der Waals surface area contributed by atoms with E-state index in [-0.39, 0.29) is 24.0 Å². The molecule has 1 amide bonds. The first-order valence-corrected chi connectivity index (χ1v) is 8.12. The Bertz CT molecular complexity index is 810. The number of fused-ring (bicyclic) bond motifs is 1. The highest BCUT2D eigenvalue weighted by molar-refractivity contribution is 7.94. The number of nitrogens with zero attached hydrogens (tertiary/aromatic N) is 2. The summed E-state index contributed by atoms with van der Waals surface area (Å²) in [6.07, 6.45) is 1.74. The van der Waals surface area contributed by atoms with E-state index in [9.17, 15) is 13.2 Å². The molecule has 1 aromatic heterocycles. The Kier molecular flexibility index (Phi) is 3.46. The van der Waals surface area contributed by atoms with Gasteiger partial charge in [-0.1, -0.05) is 12.1 Å². The molecule has 1 aromatic carbocycles. The van der Waals surface area contributed by atoms with Gasteiger partial charge < -0.3 is 5.32 Å². The lowest BCUT2D eigenvalue weighted by Crippen LogP contribution is -2.25. The molecule has 0 fully saturated rings. The molecule has 1 aliphatic heterocycles. The van der Waals surface area contributed by atoms with Crippen molar-refractivity contribution in [2.75, 3.05) is 5.75 Å². The molecule has 110 valence electrons. The lowest BCUT2D eigenvalue weighted by atomic mass is 10.1. The van der Waals surface area contributed by atoms with E-state index in [2.05, 4.69) is 20.3 Å². The van der Waals surface area contributed by atoms with E-state index >= 15 is 0 Å². The standard InChI is InChI=1S/C13H13N3O4S/c17-13(6-10-3-4-21(18,19)8-10)14-7-9-1-2-11-12(5-9)16-20-15-11/h1-5,10H,6-8H2,(H,14,17)/t10-/m0/s1. The van der Waals surface area contributed by atoms with E-state index in [0.717, 1.165) is 5.56 Å². The number of nitrogens with one attached hydrogen (secondary N) is 1. The Labute approximate surface area is 120 Å². The Morgan fingerprint density at radius 3 is 2.90 bits per heavy atom. The van der Waals surface area contributed by atoms with E-state index in [0.29, 0.717) is 17.6 Å². The summed E-state index contributed by atoms with van der Waals surface area (Å²) in [4.78, 5) is 11.8. The number of carbonyl (C=O) groups excluding carboxylic acids is 1. The number of hydrogen-bond donors (Lipinski definition) is 1. The third-order valence-corrected chi connectivity index (χ3v) is 4.72. The minimum Gasteiger partial charge on any atom is -0.352 e. The number of rotatable bonds is 4. The minimum atomic E-state index is -3.11. The van der Waals surface area contributed by atoms with Crippen molar-refractivity contribution in [2.45, 2.75) is 13.0 Å². The second-order valence-corrected chi connectivity index (χ2v) is 6.92. The van der Waals surface area contributed by atoms with Crippen LogP contribution in [0.3, 0.4) is 0 Å². The maximum atomic E-state index is 11.8. The Hall–Kier alpha value is -2.22. The van der Waals surface area contributed by atoms with Crippen LogP contribution in [0.1, 0.15) is 12.0 Å². The predicted octanol–water partition coefficient (Wildman–Crippen LogP) is 0.787. The molecule has 1 aliphatic rings. The van der Waals surface area contributed by atoms with Gasteiger partial charge in [-0.3, -0.25) is 4.79 Å². The summed E-state index contributed by atoms with van der Waals surface area (Å²) in [5, 5.41) is 11.4. The molecular formula is C13H13N3O4S. The van der Waals surface area contributed by atoms with Gasteiger partial charge in [0, 0.05) is 24.3 Å². The normalized spacial score (nSPS) is 19.9. The summed E-state index contributed by atoms with van der Waals surface area (Å²) in [5.41, 5.74) is 2.17. The molecule has 8 heteroatoms. The first-order valence-electron chi connectivity index (χ1n) is 6.41. The van der Waals surface area contributed by atoms with Gasteiger partial charge in [0.25, 0.3) is 0 Å². The van der Waals surface area contributed by atoms with E-state index in [1.54, 1.807) is 18.2 Å². The van der Waals surface area contributed by atoms with Crippen LogP contribution < -0.4 is 5.32 Å². The zero-order valence-electron chi connectivity index (χ0n) is 11.0. The average molecular weight is 307 g/mol. The second-order valence-electron chi connectivity index (χ2n) is 4.99. The van der Waals surface area contributed by atoms with Crippen LogP contribution in [0.4, 0.5) is 0 Å². The van der Waals surface area contributed by atoms with Crippen LogP contribution in [0.2, 0.25) is 0 Å². The predicted molar refractivity (Wildman–Crippen MR) is 74.7 cm³/mol. The van der Waals surface area contributed by atoms with Gasteiger partial charge >= 0.3 is 0 Å². The molecule has 7 nitrogen and oxygen atoms in total. The molecule has 2 aromatic rings. The van der Waals surface area contributed by atoms with E-state index in [1.807, 2.05) is 6.07 Å². The summed E-state index contributed by atoms with van der Waals surface area (Å²) < 4.78 is 27.1. The lowest BCUT2D eigenvalue weighted by molar-refractivity contribution is -0.121. The molecule has 0 bridgehead atoms. The van der Waals surface area contributed by atoms with Crippen molar-refractivity contribution >= 4 is 26.8 Å². The van der Waals surface area contributed by atoms with Crippen molar-refractivity contribution in [3.8, 4) is 0 Å². The fraction of sp³-hybridized carbons (Fsp3) is 0.308. The van der Waals surface area contributed by atoms with Crippen molar-refractivity contribution in [2.24, 2.45) is 5.92 Å². The van der Waals surface area contributed by atoms with Gasteiger partial charge in [0.05, 0.1) is 5.75 Å². The number of benzene rings is 1. The monoisotopic (exact) mass is 307 g/mol. The van der Waals surface area contributed by atoms with Crippen molar-refractivity contribution in [3.63, 3.8) is 0 Å². The zero-order valence-corrected chi connectivity index (χ0v) is 11.8. The van der Waals surface area contributed by atoms with Crippen LogP contribution >= 0.6 is 0 Å². The minimum absolute atomic E-state index is 0.0109. The number of carbonyl (C=O) groups is 1. The van der Waals surface area contributed by atoms with Crippen LogP contribution in [-0.4, -0.2) is 30.4 Å². The van der Waals surface area contributed by atoms with Gasteiger partial charge in [-0.25, -0.2) is 13.0 Å². The van der Waals surface area contributed by atoms with Crippen molar-refractivity contribution in [3.05, 3.63) is 35.2 Å². The fourth-order valence-corrected chi connectivity index (χ4v) is 3.61. The smallest absolute Gasteiger partial charge is 0.220 e. The number of sulfone groups is 1. The largest absolute Gasteiger partial charge is 0.352 e. The topological polar surface area (TPSA) is 102 Å². The molecule has 21 heavy (non-hydrogen) atoms. The number of allylic oxidation sites excluding steroid dienone is 1. The van der Waals surface area contributed by atoms with Gasteiger partial charge in [-0.15, -0.1) is 0 Å². The highest BCUT2D eigenvalue weighted by Crippen LogP contribution is 2.18.